The number of aliphatic hydroxyl groups is 1. The Morgan fingerprint density at radius 1 is 1.45 bits per heavy atom. The molecule has 1 heterocycles. The van der Waals surface area contributed by atoms with Crippen LogP contribution >= 0.6 is 0 Å². The summed E-state index contributed by atoms with van der Waals surface area (Å²) < 4.78 is 6.81. The molecule has 2 N–H and O–H groups in total. The first kappa shape index (κ1) is 14.1. The number of carbonyl (C=O) groups excluding carboxylic acids is 1. The molecule has 20 heavy (non-hydrogen) atoms. The van der Waals surface area contributed by atoms with E-state index in [4.69, 9.17) is 4.74 Å². The molecule has 2 rings (SSSR count). The quantitative estimate of drug-likeness (QED) is 0.881. The fourth-order valence-corrected chi connectivity index (χ4v) is 2.04. The smallest absolute Gasteiger partial charge is 0.271 e. The zero-order valence-electron chi connectivity index (χ0n) is 11.6. The molecule has 0 aliphatic carbocycles. The van der Waals surface area contributed by atoms with E-state index in [0.717, 1.165) is 0 Å². The summed E-state index contributed by atoms with van der Waals surface area (Å²) in [6, 6.07) is 7.01. The van der Waals surface area contributed by atoms with Gasteiger partial charge in [0.15, 0.2) is 5.69 Å². The number of ether oxygens (including phenoxy) is 1. The van der Waals surface area contributed by atoms with Crippen LogP contribution in [0.3, 0.4) is 0 Å². The number of aliphatic hydroxyl groups excluding tert-OH is 1. The Hall–Kier alpha value is -2.34. The highest BCUT2D eigenvalue weighted by Crippen LogP contribution is 2.30. The van der Waals surface area contributed by atoms with E-state index in [1.165, 1.54) is 0 Å². The summed E-state index contributed by atoms with van der Waals surface area (Å²) in [6.07, 6.45) is 0.958. The van der Waals surface area contributed by atoms with Gasteiger partial charge in [0, 0.05) is 18.8 Å². The summed E-state index contributed by atoms with van der Waals surface area (Å²) in [7, 11) is 3.10. The van der Waals surface area contributed by atoms with Gasteiger partial charge in [-0.05, 0) is 25.1 Å². The van der Waals surface area contributed by atoms with E-state index < -0.39 is 6.10 Å². The number of rotatable bonds is 4. The van der Waals surface area contributed by atoms with E-state index in [9.17, 15) is 9.90 Å². The first-order chi connectivity index (χ1) is 9.58. The highest BCUT2D eigenvalue weighted by molar-refractivity contribution is 5.91. The molecule has 0 radical (unpaired) electrons. The molecule has 0 saturated carbocycles. The van der Waals surface area contributed by atoms with Gasteiger partial charge in [-0.15, -0.1) is 0 Å². The largest absolute Gasteiger partial charge is 0.496 e. The Bertz CT molecular complexity index is 620. The number of methoxy groups -OCH3 is 1. The SMILES string of the molecule is CNC(=O)c1ccn(-c2cccc(OC)c2[C@@H](C)O)n1. The van der Waals surface area contributed by atoms with E-state index in [1.54, 1.807) is 50.2 Å². The third-order valence-corrected chi connectivity index (χ3v) is 2.98. The molecule has 1 atom stereocenters. The third-order valence-electron chi connectivity index (χ3n) is 2.98. The first-order valence-corrected chi connectivity index (χ1v) is 6.21. The van der Waals surface area contributed by atoms with Crippen LogP contribution < -0.4 is 10.1 Å². The average Bonchev–Trinajstić information content (AvgIpc) is 2.95. The Morgan fingerprint density at radius 2 is 2.20 bits per heavy atom. The number of nitrogens with zero attached hydrogens (tertiary/aromatic N) is 2. The minimum absolute atomic E-state index is 0.259. The van der Waals surface area contributed by atoms with Gasteiger partial charge in [-0.2, -0.15) is 5.10 Å². The minimum Gasteiger partial charge on any atom is -0.496 e. The summed E-state index contributed by atoms with van der Waals surface area (Å²) in [4.78, 5) is 11.5. The number of carbonyl (C=O) groups is 1. The summed E-state index contributed by atoms with van der Waals surface area (Å²) in [6.45, 7) is 1.66. The van der Waals surface area contributed by atoms with Crippen LogP contribution in [0.4, 0.5) is 0 Å². The van der Waals surface area contributed by atoms with Gasteiger partial charge in [-0.1, -0.05) is 6.07 Å². The molecule has 0 fully saturated rings. The van der Waals surface area contributed by atoms with Gasteiger partial charge in [0.05, 0.1) is 18.9 Å². The van der Waals surface area contributed by atoms with Crippen molar-refractivity contribution in [2.45, 2.75) is 13.0 Å². The lowest BCUT2D eigenvalue weighted by Gasteiger charge is -2.15. The monoisotopic (exact) mass is 275 g/mol. The van der Waals surface area contributed by atoms with Crippen LogP contribution in [0.25, 0.3) is 5.69 Å². The lowest BCUT2D eigenvalue weighted by molar-refractivity contribution is 0.0957. The van der Waals surface area contributed by atoms with Crippen molar-refractivity contribution in [1.82, 2.24) is 15.1 Å². The molecule has 0 spiro atoms. The Labute approximate surface area is 117 Å². The number of hydrogen-bond donors (Lipinski definition) is 2. The predicted molar refractivity (Wildman–Crippen MR) is 74.1 cm³/mol. The van der Waals surface area contributed by atoms with Crippen molar-refractivity contribution in [1.29, 1.82) is 0 Å². The molecule has 0 saturated heterocycles. The average molecular weight is 275 g/mol. The molecule has 1 aromatic carbocycles. The van der Waals surface area contributed by atoms with Crippen LogP contribution in [0.1, 0.15) is 29.1 Å². The van der Waals surface area contributed by atoms with Crippen molar-refractivity contribution >= 4 is 5.91 Å². The van der Waals surface area contributed by atoms with Crippen LogP contribution in [0.15, 0.2) is 30.5 Å². The van der Waals surface area contributed by atoms with E-state index in [0.29, 0.717) is 22.7 Å². The normalized spacial score (nSPS) is 12.0. The van der Waals surface area contributed by atoms with Crippen molar-refractivity contribution < 1.29 is 14.6 Å². The number of benzene rings is 1. The predicted octanol–water partition coefficient (Wildman–Crippen LogP) is 1.29. The lowest BCUT2D eigenvalue weighted by atomic mass is 10.1. The second-order valence-corrected chi connectivity index (χ2v) is 4.29. The lowest BCUT2D eigenvalue weighted by Crippen LogP contribution is -2.18. The molecular weight excluding hydrogens is 258 g/mol. The standard InChI is InChI=1S/C14H17N3O3/c1-9(18)13-11(5-4-6-12(13)20-3)17-8-7-10(16-17)14(19)15-2/h4-9,18H,1-3H3,(H,15,19)/t9-/m1/s1. The van der Waals surface area contributed by atoms with Crippen molar-refractivity contribution in [3.05, 3.63) is 41.7 Å². The fraction of sp³-hybridized carbons (Fsp3) is 0.286. The van der Waals surface area contributed by atoms with E-state index in [-0.39, 0.29) is 5.91 Å². The Morgan fingerprint density at radius 3 is 2.80 bits per heavy atom. The molecule has 1 aromatic heterocycles. The molecule has 0 aliphatic rings. The fourth-order valence-electron chi connectivity index (χ4n) is 2.04. The maximum atomic E-state index is 11.5. The number of nitrogens with one attached hydrogen (secondary N) is 1. The van der Waals surface area contributed by atoms with Crippen molar-refractivity contribution in [2.75, 3.05) is 14.2 Å². The summed E-state index contributed by atoms with van der Waals surface area (Å²) >= 11 is 0. The topological polar surface area (TPSA) is 76.4 Å². The van der Waals surface area contributed by atoms with Gasteiger partial charge >= 0.3 is 0 Å². The Balaban J connectivity index is 2.52. The second-order valence-electron chi connectivity index (χ2n) is 4.29. The molecule has 106 valence electrons. The molecule has 6 heteroatoms. The zero-order chi connectivity index (χ0) is 14.7. The zero-order valence-corrected chi connectivity index (χ0v) is 11.6. The van der Waals surface area contributed by atoms with Crippen molar-refractivity contribution in [3.8, 4) is 11.4 Å². The van der Waals surface area contributed by atoms with Gasteiger partial charge in [-0.3, -0.25) is 4.79 Å². The van der Waals surface area contributed by atoms with Crippen LogP contribution in [-0.2, 0) is 0 Å². The molecule has 0 aliphatic heterocycles. The van der Waals surface area contributed by atoms with Gasteiger partial charge in [0.2, 0.25) is 0 Å². The van der Waals surface area contributed by atoms with Crippen molar-refractivity contribution in [3.63, 3.8) is 0 Å². The second kappa shape index (κ2) is 5.75. The summed E-state index contributed by atoms with van der Waals surface area (Å²) in [5.74, 6) is 0.319. The third kappa shape index (κ3) is 2.50. The van der Waals surface area contributed by atoms with E-state index in [2.05, 4.69) is 10.4 Å². The van der Waals surface area contributed by atoms with Crippen molar-refractivity contribution in [2.24, 2.45) is 0 Å². The number of hydrogen-bond acceptors (Lipinski definition) is 4. The first-order valence-electron chi connectivity index (χ1n) is 6.21. The molecule has 1 amide bonds. The number of aromatic nitrogens is 2. The van der Waals surface area contributed by atoms with Gasteiger partial charge in [0.25, 0.3) is 5.91 Å². The highest BCUT2D eigenvalue weighted by atomic mass is 16.5. The van der Waals surface area contributed by atoms with Crippen LogP contribution in [0, 0.1) is 0 Å². The van der Waals surface area contributed by atoms with E-state index >= 15 is 0 Å². The van der Waals surface area contributed by atoms with Gasteiger partial charge < -0.3 is 15.2 Å². The molecule has 6 nitrogen and oxygen atoms in total. The molecule has 0 unspecified atom stereocenters. The number of amides is 1. The minimum atomic E-state index is -0.714. The van der Waals surface area contributed by atoms with E-state index in [1.807, 2.05) is 6.07 Å². The molecule has 0 bridgehead atoms. The van der Waals surface area contributed by atoms with Gasteiger partial charge in [-0.25, -0.2) is 4.68 Å². The summed E-state index contributed by atoms with van der Waals surface area (Å²) in [5, 5.41) is 16.7. The maximum Gasteiger partial charge on any atom is 0.271 e. The van der Waals surface area contributed by atoms with Crippen LogP contribution in [0.2, 0.25) is 0 Å². The highest BCUT2D eigenvalue weighted by Gasteiger charge is 2.17. The molecular formula is C14H17N3O3. The molecule has 2 aromatic rings. The van der Waals surface area contributed by atoms with Gasteiger partial charge in [0.1, 0.15) is 5.75 Å². The summed E-state index contributed by atoms with van der Waals surface area (Å²) in [5.41, 5.74) is 1.61. The maximum absolute atomic E-state index is 11.5. The Kier molecular flexibility index (Phi) is 4.05. The van der Waals surface area contributed by atoms with Crippen LogP contribution in [-0.4, -0.2) is 35.0 Å². The van der Waals surface area contributed by atoms with Crippen LogP contribution in [0.5, 0.6) is 5.75 Å².